The van der Waals surface area contributed by atoms with E-state index in [4.69, 9.17) is 14.2 Å². The van der Waals surface area contributed by atoms with Gasteiger partial charge in [-0.05, 0) is 0 Å². The second kappa shape index (κ2) is 13.2. The summed E-state index contributed by atoms with van der Waals surface area (Å²) in [7, 11) is 2.96. The molecule has 0 heterocycles. The number of methoxy groups -OCH3 is 2. The number of rotatable bonds is 12. The van der Waals surface area contributed by atoms with E-state index in [9.17, 15) is 9.59 Å². The molecule has 0 rings (SSSR count). The summed E-state index contributed by atoms with van der Waals surface area (Å²) in [4.78, 5) is 22.5. The SMILES string of the molecule is COCCOCCOC(=O)C(C)CSCCC(=O)OC. The van der Waals surface area contributed by atoms with Crippen molar-refractivity contribution in [3.05, 3.63) is 0 Å². The normalized spacial score (nSPS) is 11.9. The Balaban J connectivity index is 3.49. The van der Waals surface area contributed by atoms with Crippen molar-refractivity contribution in [2.24, 2.45) is 5.92 Å². The van der Waals surface area contributed by atoms with E-state index in [1.807, 2.05) is 0 Å². The molecule has 0 aliphatic carbocycles. The van der Waals surface area contributed by atoms with Crippen LogP contribution in [0.5, 0.6) is 0 Å². The van der Waals surface area contributed by atoms with Gasteiger partial charge in [-0.25, -0.2) is 0 Å². The highest BCUT2D eigenvalue weighted by Crippen LogP contribution is 2.11. The first-order valence-corrected chi connectivity index (χ1v) is 7.65. The van der Waals surface area contributed by atoms with Gasteiger partial charge in [0.05, 0.1) is 39.3 Å². The van der Waals surface area contributed by atoms with Crippen molar-refractivity contribution in [3.8, 4) is 0 Å². The predicted octanol–water partition coefficient (Wildman–Crippen LogP) is 1.12. The fourth-order valence-corrected chi connectivity index (χ4v) is 2.14. The van der Waals surface area contributed by atoms with E-state index in [0.29, 0.717) is 37.7 Å². The number of esters is 2. The lowest BCUT2D eigenvalue weighted by atomic mass is 10.2. The Morgan fingerprint density at radius 2 is 1.80 bits per heavy atom. The van der Waals surface area contributed by atoms with Crippen LogP contribution in [0.15, 0.2) is 0 Å². The van der Waals surface area contributed by atoms with Crippen molar-refractivity contribution in [3.63, 3.8) is 0 Å². The number of hydrogen-bond donors (Lipinski definition) is 0. The highest BCUT2D eigenvalue weighted by Gasteiger charge is 2.14. The van der Waals surface area contributed by atoms with Crippen LogP contribution in [0.3, 0.4) is 0 Å². The lowest BCUT2D eigenvalue weighted by molar-refractivity contribution is -0.148. The number of ether oxygens (including phenoxy) is 4. The van der Waals surface area contributed by atoms with E-state index in [-0.39, 0.29) is 24.5 Å². The van der Waals surface area contributed by atoms with Crippen LogP contribution >= 0.6 is 11.8 Å². The van der Waals surface area contributed by atoms with Crippen molar-refractivity contribution in [1.82, 2.24) is 0 Å². The zero-order valence-electron chi connectivity index (χ0n) is 12.4. The van der Waals surface area contributed by atoms with E-state index in [0.717, 1.165) is 0 Å². The standard InChI is InChI=1S/C13H24O6S/c1-11(10-20-9-4-12(14)17-3)13(15)19-8-7-18-6-5-16-2/h11H,4-10H2,1-3H3. The minimum absolute atomic E-state index is 0.198. The van der Waals surface area contributed by atoms with Gasteiger partial charge in [0, 0.05) is 18.6 Å². The van der Waals surface area contributed by atoms with E-state index < -0.39 is 0 Å². The Kier molecular flexibility index (Phi) is 12.7. The molecule has 20 heavy (non-hydrogen) atoms. The summed E-state index contributed by atoms with van der Waals surface area (Å²) in [5.41, 5.74) is 0. The fraction of sp³-hybridized carbons (Fsp3) is 0.846. The van der Waals surface area contributed by atoms with Crippen LogP contribution in [0.4, 0.5) is 0 Å². The maximum absolute atomic E-state index is 11.6. The van der Waals surface area contributed by atoms with E-state index >= 15 is 0 Å². The van der Waals surface area contributed by atoms with Crippen molar-refractivity contribution < 1.29 is 28.5 Å². The largest absolute Gasteiger partial charge is 0.469 e. The first-order chi connectivity index (χ1) is 9.61. The van der Waals surface area contributed by atoms with Gasteiger partial charge in [0.2, 0.25) is 0 Å². The van der Waals surface area contributed by atoms with E-state index in [1.165, 1.54) is 18.9 Å². The highest BCUT2D eigenvalue weighted by atomic mass is 32.2. The van der Waals surface area contributed by atoms with Gasteiger partial charge < -0.3 is 18.9 Å². The van der Waals surface area contributed by atoms with Crippen LogP contribution in [-0.4, -0.2) is 64.1 Å². The number of carbonyl (C=O) groups excluding carboxylic acids is 2. The predicted molar refractivity (Wildman–Crippen MR) is 76.8 cm³/mol. The molecule has 0 aliphatic heterocycles. The van der Waals surface area contributed by atoms with Gasteiger partial charge in [-0.2, -0.15) is 11.8 Å². The van der Waals surface area contributed by atoms with Crippen molar-refractivity contribution in [2.75, 3.05) is 52.2 Å². The number of hydrogen-bond acceptors (Lipinski definition) is 7. The molecule has 0 spiro atoms. The zero-order valence-corrected chi connectivity index (χ0v) is 13.2. The third-order valence-electron chi connectivity index (χ3n) is 2.35. The summed E-state index contributed by atoms with van der Waals surface area (Å²) in [6.45, 7) is 3.45. The first kappa shape index (κ1) is 19.2. The Morgan fingerprint density at radius 3 is 2.45 bits per heavy atom. The van der Waals surface area contributed by atoms with Gasteiger partial charge >= 0.3 is 11.9 Å². The molecule has 0 fully saturated rings. The van der Waals surface area contributed by atoms with Gasteiger partial charge in [-0.1, -0.05) is 6.92 Å². The smallest absolute Gasteiger partial charge is 0.309 e. The zero-order chi connectivity index (χ0) is 15.2. The number of thioether (sulfide) groups is 1. The summed E-state index contributed by atoms with van der Waals surface area (Å²) in [6.07, 6.45) is 0.357. The molecule has 0 aromatic rings. The van der Waals surface area contributed by atoms with Gasteiger partial charge in [0.15, 0.2) is 0 Å². The summed E-state index contributed by atoms with van der Waals surface area (Å²) < 4.78 is 19.6. The van der Waals surface area contributed by atoms with Crippen LogP contribution in [0.1, 0.15) is 13.3 Å². The molecule has 0 aromatic carbocycles. The van der Waals surface area contributed by atoms with Crippen molar-refractivity contribution in [2.45, 2.75) is 13.3 Å². The molecule has 0 saturated heterocycles. The first-order valence-electron chi connectivity index (χ1n) is 6.49. The Morgan fingerprint density at radius 1 is 1.10 bits per heavy atom. The molecule has 0 bridgehead atoms. The molecule has 0 radical (unpaired) electrons. The second-order valence-corrected chi connectivity index (χ2v) is 5.22. The maximum atomic E-state index is 11.6. The third kappa shape index (κ3) is 11.1. The monoisotopic (exact) mass is 308 g/mol. The van der Waals surface area contributed by atoms with Crippen LogP contribution < -0.4 is 0 Å². The molecule has 1 unspecified atom stereocenters. The van der Waals surface area contributed by atoms with Crippen LogP contribution in [0, 0.1) is 5.92 Å². The molecule has 0 aliphatic rings. The minimum Gasteiger partial charge on any atom is -0.469 e. The Bertz CT molecular complexity index is 272. The topological polar surface area (TPSA) is 71.1 Å². The maximum Gasteiger partial charge on any atom is 0.309 e. The number of carbonyl (C=O) groups is 2. The molecule has 7 heteroatoms. The van der Waals surface area contributed by atoms with Crippen molar-refractivity contribution in [1.29, 1.82) is 0 Å². The van der Waals surface area contributed by atoms with Crippen LogP contribution in [0.2, 0.25) is 0 Å². The summed E-state index contributed by atoms with van der Waals surface area (Å²) in [6, 6.07) is 0. The average Bonchev–Trinajstić information content (AvgIpc) is 2.46. The molecule has 118 valence electrons. The van der Waals surface area contributed by atoms with Gasteiger partial charge in [0.25, 0.3) is 0 Å². The summed E-state index contributed by atoms with van der Waals surface area (Å²) in [5, 5.41) is 0. The third-order valence-corrected chi connectivity index (χ3v) is 3.58. The van der Waals surface area contributed by atoms with Gasteiger partial charge in [0.1, 0.15) is 6.61 Å². The molecule has 0 N–H and O–H groups in total. The molecule has 6 nitrogen and oxygen atoms in total. The molecule has 0 amide bonds. The highest BCUT2D eigenvalue weighted by molar-refractivity contribution is 7.99. The van der Waals surface area contributed by atoms with Gasteiger partial charge in [-0.3, -0.25) is 9.59 Å². The van der Waals surface area contributed by atoms with E-state index in [2.05, 4.69) is 4.74 Å². The molecule has 1 atom stereocenters. The van der Waals surface area contributed by atoms with Crippen LogP contribution in [-0.2, 0) is 28.5 Å². The van der Waals surface area contributed by atoms with Crippen LogP contribution in [0.25, 0.3) is 0 Å². The van der Waals surface area contributed by atoms with Gasteiger partial charge in [-0.15, -0.1) is 0 Å². The summed E-state index contributed by atoms with van der Waals surface area (Å²) >= 11 is 1.53. The lowest BCUT2D eigenvalue weighted by Crippen LogP contribution is -2.20. The lowest BCUT2D eigenvalue weighted by Gasteiger charge is -2.11. The average molecular weight is 308 g/mol. The molecule has 0 saturated carbocycles. The van der Waals surface area contributed by atoms with Crippen molar-refractivity contribution >= 4 is 23.7 Å². The molecule has 0 aromatic heterocycles. The molecular formula is C13H24O6S. The summed E-state index contributed by atoms with van der Waals surface area (Å²) in [5.74, 6) is 0.591. The Hall–Kier alpha value is -0.790. The fourth-order valence-electron chi connectivity index (χ4n) is 1.17. The second-order valence-electron chi connectivity index (χ2n) is 4.07. The molecular weight excluding hydrogens is 284 g/mol. The minimum atomic E-state index is -0.245. The Labute approximate surface area is 124 Å². The quantitative estimate of drug-likeness (QED) is 0.395. The van der Waals surface area contributed by atoms with E-state index in [1.54, 1.807) is 14.0 Å².